The number of carbonyl (C=O) groups is 2. The first kappa shape index (κ1) is 20.1. The Morgan fingerprint density at radius 3 is 2.19 bits per heavy atom. The molecule has 0 spiro atoms. The lowest BCUT2D eigenvalue weighted by molar-refractivity contribution is -0.118. The van der Waals surface area contributed by atoms with Gasteiger partial charge in [0.15, 0.2) is 9.84 Å². The van der Waals surface area contributed by atoms with Crippen LogP contribution in [0, 0.1) is 11.3 Å². The molecule has 0 aliphatic carbocycles. The molecule has 2 aromatic rings. The zero-order chi connectivity index (χ0) is 19.9. The summed E-state index contributed by atoms with van der Waals surface area (Å²) < 4.78 is 28.9. The molecule has 27 heavy (non-hydrogen) atoms. The Kier molecular flexibility index (Phi) is 6.68. The monoisotopic (exact) mass is 386 g/mol. The number of nitrogens with zero attached hydrogens (tertiary/aromatic N) is 1. The van der Waals surface area contributed by atoms with E-state index < -0.39 is 27.5 Å². The second-order valence-corrected chi connectivity index (χ2v) is 7.87. The Morgan fingerprint density at radius 2 is 1.63 bits per heavy atom. The van der Waals surface area contributed by atoms with Crippen molar-refractivity contribution in [3.63, 3.8) is 0 Å². The van der Waals surface area contributed by atoms with Gasteiger partial charge in [-0.05, 0) is 35.4 Å². The van der Waals surface area contributed by atoms with Crippen LogP contribution >= 0.6 is 0 Å². The van der Waals surface area contributed by atoms with Crippen molar-refractivity contribution >= 4 is 21.7 Å². The van der Waals surface area contributed by atoms with Crippen LogP contribution in [-0.4, -0.2) is 33.2 Å². The van der Waals surface area contributed by atoms with Crippen molar-refractivity contribution in [2.45, 2.75) is 12.3 Å². The van der Waals surface area contributed by atoms with Gasteiger partial charge in [-0.2, -0.15) is 5.26 Å². The first-order valence-electron chi connectivity index (χ1n) is 7.96. The lowest BCUT2D eigenvalue weighted by atomic mass is 10.1. The number of esters is 1. The summed E-state index contributed by atoms with van der Waals surface area (Å²) in [6, 6.07) is 14.6. The summed E-state index contributed by atoms with van der Waals surface area (Å²) in [5.74, 6) is -1.98. The average molecular weight is 386 g/mol. The smallest absolute Gasteiger partial charge is 0.337 e. The minimum absolute atomic E-state index is 0.146. The maximum Gasteiger partial charge on any atom is 0.337 e. The van der Waals surface area contributed by atoms with Gasteiger partial charge in [0.1, 0.15) is 5.75 Å². The van der Waals surface area contributed by atoms with E-state index in [1.165, 1.54) is 19.2 Å². The molecule has 0 aromatic heterocycles. The Labute approximate surface area is 157 Å². The van der Waals surface area contributed by atoms with Crippen LogP contribution in [0.2, 0.25) is 0 Å². The van der Waals surface area contributed by atoms with E-state index in [-0.39, 0.29) is 12.3 Å². The zero-order valence-corrected chi connectivity index (χ0v) is 15.5. The quantitative estimate of drug-likeness (QED) is 0.723. The predicted molar refractivity (Wildman–Crippen MR) is 98.3 cm³/mol. The standard InChI is InChI=1S/C19H18N2O5S/c1-26-19(23)17-8-6-15(7-9-17)11-21-18(22)13-27(24,25)12-16-4-2-14(10-20)3-5-16/h2-9H,11-13H2,1H3,(H,21,22). The molecule has 0 fully saturated rings. The summed E-state index contributed by atoms with van der Waals surface area (Å²) in [5.41, 5.74) is 2.06. The third kappa shape index (κ3) is 6.24. The minimum Gasteiger partial charge on any atom is -0.465 e. The van der Waals surface area contributed by atoms with E-state index in [0.717, 1.165) is 5.56 Å². The molecule has 140 valence electrons. The summed E-state index contributed by atoms with van der Waals surface area (Å²) >= 11 is 0. The van der Waals surface area contributed by atoms with E-state index >= 15 is 0 Å². The van der Waals surface area contributed by atoms with Crippen LogP contribution in [0.5, 0.6) is 0 Å². The number of rotatable bonds is 7. The molecular formula is C19H18N2O5S. The van der Waals surface area contributed by atoms with Gasteiger partial charge in [-0.15, -0.1) is 0 Å². The van der Waals surface area contributed by atoms with Gasteiger partial charge in [0, 0.05) is 6.54 Å². The highest BCUT2D eigenvalue weighted by Crippen LogP contribution is 2.09. The first-order valence-corrected chi connectivity index (χ1v) is 9.78. The van der Waals surface area contributed by atoms with Crippen LogP contribution in [-0.2, 0) is 31.7 Å². The van der Waals surface area contributed by atoms with Crippen molar-refractivity contribution < 1.29 is 22.7 Å². The van der Waals surface area contributed by atoms with E-state index in [0.29, 0.717) is 16.7 Å². The second kappa shape index (κ2) is 8.96. The van der Waals surface area contributed by atoms with E-state index in [1.54, 1.807) is 36.4 Å². The zero-order valence-electron chi connectivity index (χ0n) is 14.6. The molecule has 8 heteroatoms. The number of amides is 1. The first-order chi connectivity index (χ1) is 12.8. The third-order valence-corrected chi connectivity index (χ3v) is 5.16. The SMILES string of the molecule is COC(=O)c1ccc(CNC(=O)CS(=O)(=O)Cc2ccc(C#N)cc2)cc1. The van der Waals surface area contributed by atoms with Crippen LogP contribution in [0.15, 0.2) is 48.5 Å². The minimum atomic E-state index is -3.64. The molecule has 7 nitrogen and oxygen atoms in total. The topological polar surface area (TPSA) is 113 Å². The molecule has 0 saturated heterocycles. The fraction of sp³-hybridized carbons (Fsp3) is 0.211. The molecule has 1 amide bonds. The van der Waals surface area contributed by atoms with E-state index in [9.17, 15) is 18.0 Å². The van der Waals surface area contributed by atoms with Crippen molar-refractivity contribution in [2.24, 2.45) is 0 Å². The van der Waals surface area contributed by atoms with Gasteiger partial charge in [0.25, 0.3) is 0 Å². The highest BCUT2D eigenvalue weighted by Gasteiger charge is 2.17. The molecule has 0 radical (unpaired) electrons. The summed E-state index contributed by atoms with van der Waals surface area (Å²) in [7, 11) is -2.35. The molecule has 2 aromatic carbocycles. The number of nitriles is 1. The molecule has 0 heterocycles. The summed E-state index contributed by atoms with van der Waals surface area (Å²) in [5, 5.41) is 11.3. The van der Waals surface area contributed by atoms with Crippen molar-refractivity contribution in [1.29, 1.82) is 5.26 Å². The average Bonchev–Trinajstić information content (AvgIpc) is 2.66. The lowest BCUT2D eigenvalue weighted by Gasteiger charge is -2.07. The number of ether oxygens (including phenoxy) is 1. The Balaban J connectivity index is 1.88. The summed E-state index contributed by atoms with van der Waals surface area (Å²) in [6.07, 6.45) is 0. The number of methoxy groups -OCH3 is 1. The molecule has 0 saturated carbocycles. The van der Waals surface area contributed by atoms with Gasteiger partial charge >= 0.3 is 5.97 Å². The highest BCUT2D eigenvalue weighted by molar-refractivity contribution is 7.91. The van der Waals surface area contributed by atoms with Crippen LogP contribution in [0.25, 0.3) is 0 Å². The molecular weight excluding hydrogens is 368 g/mol. The van der Waals surface area contributed by atoms with Crippen molar-refractivity contribution in [3.05, 3.63) is 70.8 Å². The van der Waals surface area contributed by atoms with Gasteiger partial charge in [-0.25, -0.2) is 13.2 Å². The molecule has 2 rings (SSSR count). The van der Waals surface area contributed by atoms with Crippen molar-refractivity contribution in [2.75, 3.05) is 12.9 Å². The summed E-state index contributed by atoms with van der Waals surface area (Å²) in [6.45, 7) is 0.146. The highest BCUT2D eigenvalue weighted by atomic mass is 32.2. The van der Waals surface area contributed by atoms with Gasteiger partial charge < -0.3 is 10.1 Å². The largest absolute Gasteiger partial charge is 0.465 e. The summed E-state index contributed by atoms with van der Waals surface area (Å²) in [4.78, 5) is 23.3. The number of sulfone groups is 1. The van der Waals surface area contributed by atoms with Crippen molar-refractivity contribution in [1.82, 2.24) is 5.32 Å². The number of hydrogen-bond donors (Lipinski definition) is 1. The van der Waals surface area contributed by atoms with E-state index in [2.05, 4.69) is 10.1 Å². The number of benzene rings is 2. The van der Waals surface area contributed by atoms with Gasteiger partial charge in [-0.1, -0.05) is 24.3 Å². The third-order valence-electron chi connectivity index (χ3n) is 3.69. The Morgan fingerprint density at radius 1 is 1.04 bits per heavy atom. The molecule has 0 aliphatic rings. The molecule has 0 unspecified atom stereocenters. The Hall–Kier alpha value is -3.18. The van der Waals surface area contributed by atoms with Gasteiger partial charge in [0.2, 0.25) is 5.91 Å². The van der Waals surface area contributed by atoms with Crippen molar-refractivity contribution in [3.8, 4) is 6.07 Å². The molecule has 0 atom stereocenters. The fourth-order valence-electron chi connectivity index (χ4n) is 2.31. The van der Waals surface area contributed by atoms with Crippen LogP contribution < -0.4 is 5.32 Å². The lowest BCUT2D eigenvalue weighted by Crippen LogP contribution is -2.30. The van der Waals surface area contributed by atoms with E-state index in [4.69, 9.17) is 5.26 Å². The predicted octanol–water partition coefficient (Wildman–Crippen LogP) is 1.58. The van der Waals surface area contributed by atoms with Crippen LogP contribution in [0.3, 0.4) is 0 Å². The normalized spacial score (nSPS) is 10.7. The van der Waals surface area contributed by atoms with Gasteiger partial charge in [-0.3, -0.25) is 4.79 Å². The van der Waals surface area contributed by atoms with Crippen LogP contribution in [0.1, 0.15) is 27.0 Å². The maximum atomic E-state index is 12.2. The number of hydrogen-bond acceptors (Lipinski definition) is 6. The molecule has 0 bridgehead atoms. The fourth-order valence-corrected chi connectivity index (χ4v) is 3.61. The maximum absolute atomic E-state index is 12.2. The van der Waals surface area contributed by atoms with Gasteiger partial charge in [0.05, 0.1) is 30.1 Å². The second-order valence-electron chi connectivity index (χ2n) is 5.81. The van der Waals surface area contributed by atoms with Crippen LogP contribution in [0.4, 0.5) is 0 Å². The number of carbonyl (C=O) groups excluding carboxylic acids is 2. The Bertz CT molecular complexity index is 959. The molecule has 0 aliphatic heterocycles. The van der Waals surface area contributed by atoms with E-state index in [1.807, 2.05) is 6.07 Å². The molecule has 1 N–H and O–H groups in total. The number of nitrogens with one attached hydrogen (secondary N) is 1.